The standard InChI is InChI=1S/C6H8BrF3/c7-4-1-3(8)2-5(9)6(4)10/h3-6H,1-2H2/t3-,4?,5?,6?/m0/s1. The van der Waals surface area contributed by atoms with Crippen molar-refractivity contribution in [3.8, 4) is 0 Å². The van der Waals surface area contributed by atoms with Gasteiger partial charge in [0.15, 0.2) is 0 Å². The van der Waals surface area contributed by atoms with Crippen LogP contribution < -0.4 is 0 Å². The lowest BCUT2D eigenvalue weighted by Gasteiger charge is -2.26. The molecule has 0 saturated heterocycles. The summed E-state index contributed by atoms with van der Waals surface area (Å²) < 4.78 is 37.4. The topological polar surface area (TPSA) is 0 Å². The molecule has 3 unspecified atom stereocenters. The van der Waals surface area contributed by atoms with Crippen LogP contribution in [-0.4, -0.2) is 23.3 Å². The third-order valence-electron chi connectivity index (χ3n) is 1.65. The highest BCUT2D eigenvalue weighted by molar-refractivity contribution is 9.09. The first-order valence-electron chi connectivity index (χ1n) is 3.17. The molecule has 0 amide bonds. The van der Waals surface area contributed by atoms with Crippen LogP contribution >= 0.6 is 15.9 Å². The molecular weight excluding hydrogens is 209 g/mol. The summed E-state index contributed by atoms with van der Waals surface area (Å²) in [5.41, 5.74) is 0. The zero-order valence-corrected chi connectivity index (χ0v) is 6.82. The van der Waals surface area contributed by atoms with E-state index in [4.69, 9.17) is 0 Å². The Morgan fingerprint density at radius 2 is 1.70 bits per heavy atom. The van der Waals surface area contributed by atoms with Crippen LogP contribution in [0.25, 0.3) is 0 Å². The zero-order chi connectivity index (χ0) is 7.72. The minimum absolute atomic E-state index is 0.0849. The number of hydrogen-bond donors (Lipinski definition) is 0. The van der Waals surface area contributed by atoms with E-state index < -0.39 is 23.3 Å². The van der Waals surface area contributed by atoms with Gasteiger partial charge in [-0.05, 0) is 6.42 Å². The van der Waals surface area contributed by atoms with Crippen LogP contribution in [-0.2, 0) is 0 Å². The first-order chi connectivity index (χ1) is 4.61. The summed E-state index contributed by atoms with van der Waals surface area (Å²) in [4.78, 5) is -0.647. The van der Waals surface area contributed by atoms with Crippen molar-refractivity contribution in [2.24, 2.45) is 0 Å². The van der Waals surface area contributed by atoms with Crippen molar-refractivity contribution in [2.45, 2.75) is 36.2 Å². The molecule has 60 valence electrons. The lowest BCUT2D eigenvalue weighted by molar-refractivity contribution is 0.0801. The average Bonchev–Trinajstić information content (AvgIpc) is 1.82. The van der Waals surface area contributed by atoms with E-state index in [1.807, 2.05) is 0 Å². The van der Waals surface area contributed by atoms with Gasteiger partial charge in [0, 0.05) is 6.42 Å². The minimum Gasteiger partial charge on any atom is -0.247 e. The molecule has 0 bridgehead atoms. The molecule has 0 N–H and O–H groups in total. The van der Waals surface area contributed by atoms with Crippen LogP contribution in [0, 0.1) is 0 Å². The van der Waals surface area contributed by atoms with Crippen molar-refractivity contribution in [1.82, 2.24) is 0 Å². The second kappa shape index (κ2) is 3.11. The molecule has 0 aliphatic heterocycles. The van der Waals surface area contributed by atoms with E-state index in [1.54, 1.807) is 0 Å². The Morgan fingerprint density at radius 1 is 1.10 bits per heavy atom. The van der Waals surface area contributed by atoms with Crippen molar-refractivity contribution in [2.75, 3.05) is 0 Å². The van der Waals surface area contributed by atoms with E-state index in [2.05, 4.69) is 15.9 Å². The maximum absolute atomic E-state index is 12.6. The Morgan fingerprint density at radius 3 is 2.20 bits per heavy atom. The van der Waals surface area contributed by atoms with Crippen molar-refractivity contribution >= 4 is 15.9 Å². The summed E-state index contributed by atoms with van der Waals surface area (Å²) in [7, 11) is 0. The molecule has 0 heterocycles. The Bertz CT molecular complexity index is 108. The SMILES string of the molecule is FC1C[C@@H](F)CC(Br)C1F. The Balaban J connectivity index is 2.49. The second-order valence-electron chi connectivity index (χ2n) is 2.55. The largest absolute Gasteiger partial charge is 0.247 e. The van der Waals surface area contributed by atoms with Crippen molar-refractivity contribution < 1.29 is 13.2 Å². The molecule has 1 fully saturated rings. The summed E-state index contributed by atoms with van der Waals surface area (Å²) in [5, 5.41) is 0. The molecule has 0 aromatic heterocycles. The van der Waals surface area contributed by atoms with Crippen LogP contribution in [0.2, 0.25) is 0 Å². The predicted octanol–water partition coefficient (Wildman–Crippen LogP) is 2.56. The van der Waals surface area contributed by atoms with E-state index in [1.165, 1.54) is 0 Å². The highest BCUT2D eigenvalue weighted by Crippen LogP contribution is 2.31. The summed E-state index contributed by atoms with van der Waals surface area (Å²) in [6.45, 7) is 0. The summed E-state index contributed by atoms with van der Waals surface area (Å²) >= 11 is 2.88. The van der Waals surface area contributed by atoms with E-state index in [9.17, 15) is 13.2 Å². The maximum atomic E-state index is 12.6. The fourth-order valence-corrected chi connectivity index (χ4v) is 1.81. The van der Waals surface area contributed by atoms with E-state index in [0.29, 0.717) is 0 Å². The molecule has 4 heteroatoms. The van der Waals surface area contributed by atoms with Gasteiger partial charge in [-0.3, -0.25) is 0 Å². The van der Waals surface area contributed by atoms with Gasteiger partial charge in [0.1, 0.15) is 18.5 Å². The van der Waals surface area contributed by atoms with Crippen molar-refractivity contribution in [1.29, 1.82) is 0 Å². The lowest BCUT2D eigenvalue weighted by Crippen LogP contribution is -2.36. The van der Waals surface area contributed by atoms with Crippen molar-refractivity contribution in [3.05, 3.63) is 0 Å². The molecule has 0 radical (unpaired) electrons. The average molecular weight is 217 g/mol. The first-order valence-corrected chi connectivity index (χ1v) is 4.09. The first kappa shape index (κ1) is 8.37. The van der Waals surface area contributed by atoms with Gasteiger partial charge < -0.3 is 0 Å². The van der Waals surface area contributed by atoms with Gasteiger partial charge >= 0.3 is 0 Å². The van der Waals surface area contributed by atoms with Gasteiger partial charge in [-0.1, -0.05) is 15.9 Å². The third kappa shape index (κ3) is 1.65. The Hall–Kier alpha value is 0.270. The molecule has 1 saturated carbocycles. The highest BCUT2D eigenvalue weighted by atomic mass is 79.9. The van der Waals surface area contributed by atoms with Crippen LogP contribution in [0.15, 0.2) is 0 Å². The zero-order valence-electron chi connectivity index (χ0n) is 5.24. The summed E-state index contributed by atoms with van der Waals surface area (Å²) in [5.74, 6) is 0. The van der Waals surface area contributed by atoms with Crippen LogP contribution in [0.5, 0.6) is 0 Å². The molecule has 4 atom stereocenters. The molecule has 0 nitrogen and oxygen atoms in total. The summed E-state index contributed by atoms with van der Waals surface area (Å²) in [6.07, 6.45) is -4.56. The molecule has 0 spiro atoms. The van der Waals surface area contributed by atoms with Gasteiger partial charge in [0.2, 0.25) is 0 Å². The smallest absolute Gasteiger partial charge is 0.144 e. The number of rotatable bonds is 0. The van der Waals surface area contributed by atoms with Gasteiger partial charge in [0.05, 0.1) is 4.83 Å². The fraction of sp³-hybridized carbons (Fsp3) is 1.00. The van der Waals surface area contributed by atoms with Crippen molar-refractivity contribution in [3.63, 3.8) is 0 Å². The molecular formula is C6H8BrF3. The Kier molecular flexibility index (Phi) is 2.61. The maximum Gasteiger partial charge on any atom is 0.144 e. The summed E-state index contributed by atoms with van der Waals surface area (Å²) in [6, 6.07) is 0. The monoisotopic (exact) mass is 216 g/mol. The predicted molar refractivity (Wildman–Crippen MR) is 36.6 cm³/mol. The number of halogens is 4. The number of alkyl halides is 4. The lowest BCUT2D eigenvalue weighted by atomic mass is 9.95. The normalized spacial score (nSPS) is 49.2. The fourth-order valence-electron chi connectivity index (χ4n) is 1.07. The molecule has 1 aliphatic carbocycles. The molecule has 0 aromatic rings. The van der Waals surface area contributed by atoms with Gasteiger partial charge in [-0.25, -0.2) is 13.2 Å². The van der Waals surface area contributed by atoms with Crippen LogP contribution in [0.3, 0.4) is 0 Å². The quantitative estimate of drug-likeness (QED) is 0.547. The highest BCUT2D eigenvalue weighted by Gasteiger charge is 2.36. The molecule has 1 rings (SSSR count). The van der Waals surface area contributed by atoms with Crippen LogP contribution in [0.4, 0.5) is 13.2 Å². The third-order valence-corrected chi connectivity index (χ3v) is 2.53. The van der Waals surface area contributed by atoms with E-state index >= 15 is 0 Å². The molecule has 0 aromatic carbocycles. The second-order valence-corrected chi connectivity index (χ2v) is 3.72. The Labute approximate surface area is 65.9 Å². The van der Waals surface area contributed by atoms with Crippen LogP contribution in [0.1, 0.15) is 12.8 Å². The molecule has 10 heavy (non-hydrogen) atoms. The molecule has 1 aliphatic rings. The van der Waals surface area contributed by atoms with E-state index in [-0.39, 0.29) is 12.8 Å². The van der Waals surface area contributed by atoms with Gasteiger partial charge in [0.25, 0.3) is 0 Å². The minimum atomic E-state index is -1.63. The van der Waals surface area contributed by atoms with Gasteiger partial charge in [-0.15, -0.1) is 0 Å². The van der Waals surface area contributed by atoms with E-state index in [0.717, 1.165) is 0 Å². The van der Waals surface area contributed by atoms with Gasteiger partial charge in [-0.2, -0.15) is 0 Å². The number of hydrogen-bond acceptors (Lipinski definition) is 0.